The Bertz CT molecular complexity index is 1950. The standard InChI is InChI=1S/C37H37N5O4/c1-6-32(40-36(43)28-12-8-10-24-18-22-14-16-26(45-4)20-30(22)38-34(24)28)42(3)33(7-2)41-37(44)29-13-9-11-25-19-23-15-17-27(46-5)21-31(23)39-35(25)29/h8-21,32-33H,6-7H2,1-5H3,(H,40,43)(H,41,44). The number of hydrogen-bond donors (Lipinski definition) is 2. The van der Waals surface area contributed by atoms with E-state index in [2.05, 4.69) is 10.6 Å². The molecule has 0 fully saturated rings. The van der Waals surface area contributed by atoms with Gasteiger partial charge in [0.05, 0.1) is 59.7 Å². The van der Waals surface area contributed by atoms with Crippen LogP contribution in [0.1, 0.15) is 47.4 Å². The van der Waals surface area contributed by atoms with Crippen LogP contribution in [0.15, 0.2) is 84.9 Å². The van der Waals surface area contributed by atoms with Crippen LogP contribution in [-0.4, -0.2) is 60.3 Å². The van der Waals surface area contributed by atoms with Crippen LogP contribution in [0.4, 0.5) is 0 Å². The van der Waals surface area contributed by atoms with Crippen LogP contribution in [0, 0.1) is 0 Å². The van der Waals surface area contributed by atoms with E-state index in [0.29, 0.717) is 46.5 Å². The van der Waals surface area contributed by atoms with Gasteiger partial charge in [-0.25, -0.2) is 9.97 Å². The van der Waals surface area contributed by atoms with E-state index in [0.717, 1.165) is 32.6 Å². The number of fused-ring (bicyclic) bond motifs is 4. The zero-order valence-electron chi connectivity index (χ0n) is 26.6. The minimum absolute atomic E-state index is 0.235. The number of amides is 2. The third-order valence-corrected chi connectivity index (χ3v) is 8.54. The Balaban J connectivity index is 1.24. The van der Waals surface area contributed by atoms with E-state index in [-0.39, 0.29) is 24.1 Å². The number of ether oxygens (including phenoxy) is 2. The first-order valence-corrected chi connectivity index (χ1v) is 15.4. The quantitative estimate of drug-likeness (QED) is 0.131. The van der Waals surface area contributed by atoms with Gasteiger partial charge in [0.1, 0.15) is 11.5 Å². The number of rotatable bonds is 10. The molecule has 2 heterocycles. The van der Waals surface area contributed by atoms with Gasteiger partial charge in [-0.05, 0) is 68.4 Å². The normalized spacial score (nSPS) is 12.8. The summed E-state index contributed by atoms with van der Waals surface area (Å²) in [6.07, 6.45) is 0.541. The fourth-order valence-corrected chi connectivity index (χ4v) is 5.95. The van der Waals surface area contributed by atoms with Crippen molar-refractivity contribution in [1.29, 1.82) is 0 Å². The average Bonchev–Trinajstić information content (AvgIpc) is 3.09. The molecule has 9 nitrogen and oxygen atoms in total. The lowest BCUT2D eigenvalue weighted by Gasteiger charge is -2.35. The first-order chi connectivity index (χ1) is 22.3. The number of nitrogens with one attached hydrogen (secondary N) is 2. The highest BCUT2D eigenvalue weighted by Gasteiger charge is 2.26. The third-order valence-electron chi connectivity index (χ3n) is 8.54. The van der Waals surface area contributed by atoms with E-state index in [1.807, 2.05) is 98.6 Å². The Kier molecular flexibility index (Phi) is 8.68. The van der Waals surface area contributed by atoms with Crippen LogP contribution < -0.4 is 20.1 Å². The fourth-order valence-electron chi connectivity index (χ4n) is 5.95. The molecule has 2 atom stereocenters. The third kappa shape index (κ3) is 5.89. The molecule has 234 valence electrons. The van der Waals surface area contributed by atoms with Gasteiger partial charge in [0.15, 0.2) is 0 Å². The smallest absolute Gasteiger partial charge is 0.254 e. The van der Waals surface area contributed by atoms with Crippen molar-refractivity contribution in [2.75, 3.05) is 21.3 Å². The summed E-state index contributed by atoms with van der Waals surface area (Å²) < 4.78 is 10.8. The summed E-state index contributed by atoms with van der Waals surface area (Å²) in [7, 11) is 5.14. The predicted octanol–water partition coefficient (Wildman–Crippen LogP) is 6.67. The van der Waals surface area contributed by atoms with Crippen molar-refractivity contribution in [3.63, 3.8) is 0 Å². The Labute approximate surface area is 267 Å². The number of methoxy groups -OCH3 is 2. The molecular formula is C37H37N5O4. The van der Waals surface area contributed by atoms with Gasteiger partial charge in [-0.15, -0.1) is 0 Å². The summed E-state index contributed by atoms with van der Waals surface area (Å²) in [5.41, 5.74) is 3.70. The van der Waals surface area contributed by atoms with Crippen molar-refractivity contribution in [2.24, 2.45) is 0 Å². The van der Waals surface area contributed by atoms with E-state index in [1.54, 1.807) is 26.4 Å². The van der Waals surface area contributed by atoms with Crippen molar-refractivity contribution >= 4 is 55.4 Å². The maximum atomic E-state index is 13.7. The lowest BCUT2D eigenvalue weighted by Crippen LogP contribution is -2.55. The van der Waals surface area contributed by atoms with E-state index in [9.17, 15) is 9.59 Å². The van der Waals surface area contributed by atoms with Crippen LogP contribution in [0.5, 0.6) is 11.5 Å². The molecule has 0 aliphatic heterocycles. The molecule has 0 aliphatic rings. The molecule has 0 radical (unpaired) electrons. The number of benzene rings is 4. The number of pyridine rings is 2. The largest absolute Gasteiger partial charge is 0.497 e. The van der Waals surface area contributed by atoms with Gasteiger partial charge in [0, 0.05) is 33.7 Å². The number of hydrogen-bond acceptors (Lipinski definition) is 7. The van der Waals surface area contributed by atoms with Crippen LogP contribution in [0.25, 0.3) is 43.6 Å². The first kappa shape index (κ1) is 30.7. The Morgan fingerprint density at radius 1 is 0.652 bits per heavy atom. The van der Waals surface area contributed by atoms with Crippen molar-refractivity contribution in [3.8, 4) is 11.5 Å². The molecule has 0 aliphatic carbocycles. The van der Waals surface area contributed by atoms with E-state index >= 15 is 0 Å². The van der Waals surface area contributed by atoms with Crippen molar-refractivity contribution < 1.29 is 19.1 Å². The number of aromatic nitrogens is 2. The molecule has 6 aromatic rings. The summed E-state index contributed by atoms with van der Waals surface area (Å²) in [5, 5.41) is 10.0. The van der Waals surface area contributed by atoms with Gasteiger partial charge in [-0.2, -0.15) is 0 Å². The van der Waals surface area contributed by atoms with Gasteiger partial charge < -0.3 is 20.1 Å². The van der Waals surface area contributed by atoms with Crippen molar-refractivity contribution in [1.82, 2.24) is 25.5 Å². The number of para-hydroxylation sites is 2. The highest BCUT2D eigenvalue weighted by Crippen LogP contribution is 2.27. The maximum absolute atomic E-state index is 13.7. The lowest BCUT2D eigenvalue weighted by molar-refractivity contribution is 0.0701. The average molecular weight is 616 g/mol. The van der Waals surface area contributed by atoms with Crippen molar-refractivity contribution in [2.45, 2.75) is 39.0 Å². The highest BCUT2D eigenvalue weighted by atomic mass is 16.5. The molecule has 0 spiro atoms. The summed E-state index contributed by atoms with van der Waals surface area (Å²) in [6, 6.07) is 26.7. The summed E-state index contributed by atoms with van der Waals surface area (Å²) in [6.45, 7) is 4.01. The molecule has 2 amide bonds. The minimum atomic E-state index is -0.351. The highest BCUT2D eigenvalue weighted by molar-refractivity contribution is 6.09. The Morgan fingerprint density at radius 3 is 1.48 bits per heavy atom. The molecular weight excluding hydrogens is 578 g/mol. The summed E-state index contributed by atoms with van der Waals surface area (Å²) >= 11 is 0. The van der Waals surface area contributed by atoms with E-state index < -0.39 is 0 Å². The van der Waals surface area contributed by atoms with Gasteiger partial charge in [-0.3, -0.25) is 14.5 Å². The zero-order valence-corrected chi connectivity index (χ0v) is 26.6. The molecule has 2 aromatic heterocycles. The molecule has 0 saturated heterocycles. The lowest BCUT2D eigenvalue weighted by atomic mass is 10.1. The van der Waals surface area contributed by atoms with Gasteiger partial charge in [0.2, 0.25) is 0 Å². The van der Waals surface area contributed by atoms with Gasteiger partial charge in [-0.1, -0.05) is 38.1 Å². The monoisotopic (exact) mass is 615 g/mol. The number of carbonyl (C=O) groups is 2. The molecule has 0 saturated carbocycles. The molecule has 6 rings (SSSR count). The summed E-state index contributed by atoms with van der Waals surface area (Å²) in [5.74, 6) is 0.936. The first-order valence-electron chi connectivity index (χ1n) is 15.4. The molecule has 2 unspecified atom stereocenters. The maximum Gasteiger partial charge on any atom is 0.254 e. The second-order valence-electron chi connectivity index (χ2n) is 11.3. The topological polar surface area (TPSA) is 106 Å². The van der Waals surface area contributed by atoms with Gasteiger partial charge in [0.25, 0.3) is 11.8 Å². The SMILES string of the molecule is CCC(NC(=O)c1cccc2cc3ccc(OC)cc3nc12)N(C)C(CC)NC(=O)c1cccc2cc3ccc(OC)cc3nc12. The van der Waals surface area contributed by atoms with Crippen LogP contribution in [-0.2, 0) is 0 Å². The van der Waals surface area contributed by atoms with Gasteiger partial charge >= 0.3 is 0 Å². The van der Waals surface area contributed by atoms with E-state index in [1.165, 1.54) is 0 Å². The van der Waals surface area contributed by atoms with Crippen LogP contribution in [0.3, 0.4) is 0 Å². The van der Waals surface area contributed by atoms with Crippen LogP contribution in [0.2, 0.25) is 0 Å². The number of nitrogens with zero attached hydrogens (tertiary/aromatic N) is 3. The predicted molar refractivity (Wildman–Crippen MR) is 182 cm³/mol. The Hall–Kier alpha value is -5.28. The van der Waals surface area contributed by atoms with Crippen molar-refractivity contribution in [3.05, 3.63) is 96.1 Å². The molecule has 4 aromatic carbocycles. The fraction of sp³-hybridized carbons (Fsp3) is 0.243. The zero-order chi connectivity index (χ0) is 32.4. The van der Waals surface area contributed by atoms with Crippen LogP contribution >= 0.6 is 0 Å². The summed E-state index contributed by atoms with van der Waals surface area (Å²) in [4.78, 5) is 39.1. The number of carbonyl (C=O) groups excluding carboxylic acids is 2. The Morgan fingerprint density at radius 2 is 1.09 bits per heavy atom. The molecule has 9 heteroatoms. The molecule has 46 heavy (non-hydrogen) atoms. The molecule has 0 bridgehead atoms. The molecule has 2 N–H and O–H groups in total. The van der Waals surface area contributed by atoms with E-state index in [4.69, 9.17) is 19.4 Å². The second-order valence-corrected chi connectivity index (χ2v) is 11.3. The second kappa shape index (κ2) is 13.0. The minimum Gasteiger partial charge on any atom is -0.497 e.